The summed E-state index contributed by atoms with van der Waals surface area (Å²) in [6, 6.07) is 0. The molecule has 0 spiro atoms. The molecule has 0 aliphatic rings. The Bertz CT molecular complexity index is 604. The molecule has 186 valence electrons. The first-order valence-corrected chi connectivity index (χ1v) is 12.1. The molecular weight excluding hydrogens is 464 g/mol. The van der Waals surface area contributed by atoms with Crippen LogP contribution in [0.15, 0.2) is 0 Å². The van der Waals surface area contributed by atoms with Crippen LogP contribution in [0.25, 0.3) is 0 Å². The molecule has 0 aromatic carbocycles. The van der Waals surface area contributed by atoms with E-state index >= 15 is 0 Å². The molecule has 32 heavy (non-hydrogen) atoms. The van der Waals surface area contributed by atoms with E-state index in [2.05, 4.69) is 9.68 Å². The van der Waals surface area contributed by atoms with Crippen LogP contribution in [0.4, 0.5) is 0 Å². The molecule has 0 aromatic heterocycles. The highest BCUT2D eigenvalue weighted by Gasteiger charge is 2.42. The molecule has 6 N–H and O–H groups in total. The Balaban J connectivity index is 5.75. The fourth-order valence-corrected chi connectivity index (χ4v) is 3.85. The number of imide groups is 1. The Kier molecular flexibility index (Phi) is 13.4. The van der Waals surface area contributed by atoms with E-state index in [1.165, 1.54) is 21.6 Å². The van der Waals surface area contributed by atoms with Crippen LogP contribution in [0.5, 0.6) is 0 Å². The minimum absolute atomic E-state index is 0.203. The number of esters is 2. The van der Waals surface area contributed by atoms with Crippen LogP contribution in [-0.4, -0.2) is 76.7 Å². The van der Waals surface area contributed by atoms with Gasteiger partial charge in [0, 0.05) is 24.6 Å². The summed E-state index contributed by atoms with van der Waals surface area (Å²) in [5.74, 6) is 6.71. The number of nitrogens with zero attached hydrogens (tertiary/aromatic N) is 1. The van der Waals surface area contributed by atoms with Crippen LogP contribution in [0, 0.1) is 0 Å². The van der Waals surface area contributed by atoms with Crippen molar-refractivity contribution in [2.45, 2.75) is 65.0 Å². The number of amides is 2. The van der Waals surface area contributed by atoms with E-state index in [9.17, 15) is 19.2 Å². The average molecular weight is 499 g/mol. The first-order valence-electron chi connectivity index (χ1n) is 9.65. The van der Waals surface area contributed by atoms with Gasteiger partial charge in [0.05, 0.1) is 0 Å². The largest absolute Gasteiger partial charge is 0.458 e. The van der Waals surface area contributed by atoms with Crippen molar-refractivity contribution in [3.05, 3.63) is 0 Å². The maximum absolute atomic E-state index is 13.0. The van der Waals surface area contributed by atoms with E-state index in [1.54, 1.807) is 41.5 Å². The fraction of sp³-hybridized carbons (Fsp3) is 0.778. The van der Waals surface area contributed by atoms with Gasteiger partial charge in [-0.1, -0.05) is 21.6 Å². The molecular formula is C18H34N4O8S2. The van der Waals surface area contributed by atoms with E-state index in [-0.39, 0.29) is 12.3 Å². The molecule has 0 saturated heterocycles. The summed E-state index contributed by atoms with van der Waals surface area (Å²) in [6.45, 7) is 9.73. The summed E-state index contributed by atoms with van der Waals surface area (Å²) >= 11 is 0. The van der Waals surface area contributed by atoms with E-state index in [1.807, 2.05) is 0 Å². The lowest BCUT2D eigenvalue weighted by atomic mass is 10.1. The maximum Gasteiger partial charge on any atom is 0.347 e. The Morgan fingerprint density at radius 2 is 1.16 bits per heavy atom. The van der Waals surface area contributed by atoms with Gasteiger partial charge in [-0.2, -0.15) is 0 Å². The van der Waals surface area contributed by atoms with Crippen molar-refractivity contribution in [3.8, 4) is 0 Å². The number of nitrogens with two attached hydrogens (primary N) is 3. The summed E-state index contributed by atoms with van der Waals surface area (Å²) in [4.78, 5) is 60.4. The van der Waals surface area contributed by atoms with Crippen molar-refractivity contribution in [1.82, 2.24) is 4.90 Å². The number of rotatable bonds is 12. The third-order valence-corrected chi connectivity index (χ3v) is 5.60. The lowest BCUT2D eigenvalue weighted by Crippen LogP contribution is -2.55. The topological polar surface area (TPSA) is 186 Å². The Labute approximate surface area is 195 Å². The highest BCUT2D eigenvalue weighted by molar-refractivity contribution is 8.76. The molecule has 2 amide bonds. The normalized spacial score (nSPS) is 13.8. The molecule has 0 aromatic rings. The smallest absolute Gasteiger partial charge is 0.347 e. The third-order valence-electron chi connectivity index (χ3n) is 3.18. The summed E-state index contributed by atoms with van der Waals surface area (Å²) in [7, 11) is 2.75. The molecule has 0 saturated carbocycles. The molecule has 0 aliphatic heterocycles. The predicted molar refractivity (Wildman–Crippen MR) is 121 cm³/mol. The number of carbonyl (C=O) groups is 4. The van der Waals surface area contributed by atoms with Gasteiger partial charge in [0.2, 0.25) is 0 Å². The summed E-state index contributed by atoms with van der Waals surface area (Å²) < 4.78 is 10.3. The lowest BCUT2D eigenvalue weighted by Gasteiger charge is -2.29. The number of hydrogen-bond acceptors (Lipinski definition) is 13. The summed E-state index contributed by atoms with van der Waals surface area (Å²) in [6.07, 6.45) is -3.89. The number of hydrogen-bond donors (Lipinski definition) is 3. The van der Waals surface area contributed by atoms with Gasteiger partial charge in [-0.15, -0.1) is 0 Å². The molecule has 14 heteroatoms. The molecule has 0 rings (SSSR count). The van der Waals surface area contributed by atoms with Crippen molar-refractivity contribution in [2.24, 2.45) is 17.5 Å². The Hall–Kier alpha value is -1.42. The zero-order chi connectivity index (χ0) is 25.1. The van der Waals surface area contributed by atoms with Crippen LogP contribution >= 0.6 is 21.6 Å². The molecule has 2 atom stereocenters. The van der Waals surface area contributed by atoms with Crippen molar-refractivity contribution < 1.29 is 38.3 Å². The highest BCUT2D eigenvalue weighted by Crippen LogP contribution is 2.21. The highest BCUT2D eigenvalue weighted by atomic mass is 33.1. The van der Waals surface area contributed by atoms with Crippen LogP contribution in [0.2, 0.25) is 0 Å². The predicted octanol–water partition coefficient (Wildman–Crippen LogP) is -0.117. The molecule has 0 radical (unpaired) electrons. The first kappa shape index (κ1) is 30.6. The Morgan fingerprint density at radius 3 is 1.47 bits per heavy atom. The second-order valence-corrected chi connectivity index (χ2v) is 11.1. The van der Waals surface area contributed by atoms with E-state index in [0.29, 0.717) is 17.2 Å². The van der Waals surface area contributed by atoms with Crippen molar-refractivity contribution in [1.29, 1.82) is 0 Å². The Morgan fingerprint density at radius 1 is 0.781 bits per heavy atom. The van der Waals surface area contributed by atoms with Crippen molar-refractivity contribution in [2.75, 3.05) is 24.6 Å². The van der Waals surface area contributed by atoms with E-state index in [4.69, 9.17) is 27.0 Å². The maximum atomic E-state index is 13.0. The lowest BCUT2D eigenvalue weighted by molar-refractivity contribution is -0.180. The van der Waals surface area contributed by atoms with Gasteiger partial charge in [0.1, 0.15) is 11.2 Å². The fourth-order valence-electron chi connectivity index (χ4n) is 2.05. The summed E-state index contributed by atoms with van der Waals surface area (Å²) in [5.41, 5.74) is 3.54. The average Bonchev–Trinajstić information content (AvgIpc) is 2.62. The zero-order valence-corrected chi connectivity index (χ0v) is 20.9. The van der Waals surface area contributed by atoms with E-state index < -0.39 is 47.2 Å². The first-order chi connectivity index (χ1) is 14.7. The van der Waals surface area contributed by atoms with Crippen molar-refractivity contribution in [3.63, 3.8) is 0 Å². The summed E-state index contributed by atoms with van der Waals surface area (Å²) in [5, 5.41) is 0. The van der Waals surface area contributed by atoms with Crippen LogP contribution in [0.1, 0.15) is 41.5 Å². The molecule has 2 unspecified atom stereocenters. The zero-order valence-electron chi connectivity index (χ0n) is 19.2. The number of ether oxygens (including phenoxy) is 2. The van der Waals surface area contributed by atoms with Crippen molar-refractivity contribution >= 4 is 45.3 Å². The van der Waals surface area contributed by atoms with Gasteiger partial charge in [0.25, 0.3) is 24.0 Å². The minimum atomic E-state index is -1.95. The van der Waals surface area contributed by atoms with Gasteiger partial charge < -0.3 is 15.2 Å². The van der Waals surface area contributed by atoms with Crippen LogP contribution in [0.3, 0.4) is 0 Å². The molecule has 0 aliphatic carbocycles. The van der Waals surface area contributed by atoms with Crippen LogP contribution in [-0.2, 0) is 38.3 Å². The minimum Gasteiger partial charge on any atom is -0.458 e. The van der Waals surface area contributed by atoms with Gasteiger partial charge in [-0.25, -0.2) is 21.4 Å². The monoisotopic (exact) mass is 498 g/mol. The van der Waals surface area contributed by atoms with Crippen LogP contribution < -0.4 is 17.5 Å². The SMILES string of the molecule is CC(C)(C)OC(=O)C(ON)C(=O)N(CCSSCCN)C(=O)C(ON)C(=O)OC(C)(C)C. The molecule has 0 fully saturated rings. The van der Waals surface area contributed by atoms with Gasteiger partial charge in [-0.3, -0.25) is 24.2 Å². The van der Waals surface area contributed by atoms with Gasteiger partial charge in [-0.05, 0) is 41.5 Å². The molecule has 12 nitrogen and oxygen atoms in total. The number of carbonyl (C=O) groups excluding carboxylic acids is 4. The van der Waals surface area contributed by atoms with E-state index in [0.717, 1.165) is 0 Å². The third kappa shape index (κ3) is 11.4. The van der Waals surface area contributed by atoms with Gasteiger partial charge in [0.15, 0.2) is 0 Å². The molecule has 0 bridgehead atoms. The second-order valence-electron chi connectivity index (χ2n) is 8.36. The molecule has 0 heterocycles. The van der Waals surface area contributed by atoms with Gasteiger partial charge >= 0.3 is 11.9 Å². The second kappa shape index (κ2) is 14.0. The standard InChI is InChI=1S/C18H34N4O8S2/c1-17(2,3)27-15(25)11(29-20)13(23)22(8-10-32-31-9-7-19)14(24)12(30-21)16(26)28-18(4,5)6/h11-12H,7-10,19-21H2,1-6H3. The quantitative estimate of drug-likeness (QED) is 0.106.